The molecule has 1 aliphatic rings. The van der Waals surface area contributed by atoms with Crippen molar-refractivity contribution in [3.05, 3.63) is 66.0 Å². The minimum Gasteiger partial charge on any atom is -0.382 e. The third-order valence-corrected chi connectivity index (χ3v) is 4.04. The second-order valence-corrected chi connectivity index (χ2v) is 5.98. The van der Waals surface area contributed by atoms with Crippen molar-refractivity contribution < 1.29 is 13.9 Å². The number of nitrogens with one attached hydrogen (secondary N) is 2. The monoisotopic (exact) mass is 340 g/mol. The summed E-state index contributed by atoms with van der Waals surface area (Å²) in [4.78, 5) is 12.0. The highest BCUT2D eigenvalue weighted by Crippen LogP contribution is 2.18. The topological polar surface area (TPSA) is 50.4 Å². The number of carbonyl (C=O) groups is 1. The molecule has 4 nitrogen and oxygen atoms in total. The fourth-order valence-electron chi connectivity index (χ4n) is 2.66. The number of hydrogen-bond acceptors (Lipinski definition) is 3. The maximum absolute atomic E-state index is 12.8. The molecular formula is C20H21FN2O2. The summed E-state index contributed by atoms with van der Waals surface area (Å²) in [6.45, 7) is 1.60. The van der Waals surface area contributed by atoms with Gasteiger partial charge in [0.1, 0.15) is 5.82 Å². The van der Waals surface area contributed by atoms with Gasteiger partial charge in [-0.1, -0.05) is 12.1 Å². The fraction of sp³-hybridized carbons (Fsp3) is 0.250. The molecule has 2 N–H and O–H groups in total. The van der Waals surface area contributed by atoms with Gasteiger partial charge in [0, 0.05) is 36.7 Å². The van der Waals surface area contributed by atoms with Gasteiger partial charge >= 0.3 is 0 Å². The molecule has 25 heavy (non-hydrogen) atoms. The van der Waals surface area contributed by atoms with Crippen molar-refractivity contribution in [3.8, 4) is 0 Å². The van der Waals surface area contributed by atoms with E-state index in [-0.39, 0.29) is 11.7 Å². The van der Waals surface area contributed by atoms with Crippen molar-refractivity contribution in [2.24, 2.45) is 0 Å². The van der Waals surface area contributed by atoms with E-state index in [1.54, 1.807) is 18.2 Å². The van der Waals surface area contributed by atoms with E-state index in [0.29, 0.717) is 6.04 Å². The van der Waals surface area contributed by atoms with Gasteiger partial charge in [0.25, 0.3) is 0 Å². The van der Waals surface area contributed by atoms with E-state index >= 15 is 0 Å². The first-order valence-electron chi connectivity index (χ1n) is 8.38. The standard InChI is InChI=1S/C20H21FN2O2/c21-16-4-1-15(2-5-16)3-10-20(24)23-18-8-6-17(7-9-18)22-19-11-13-25-14-12-19/h1-10,19,22H,11-14H2,(H,23,24)/b10-3-. The Morgan fingerprint density at radius 2 is 1.64 bits per heavy atom. The summed E-state index contributed by atoms with van der Waals surface area (Å²) in [5.41, 5.74) is 2.53. The molecule has 0 radical (unpaired) electrons. The van der Waals surface area contributed by atoms with E-state index in [1.807, 2.05) is 24.3 Å². The van der Waals surface area contributed by atoms with Crippen LogP contribution in [0, 0.1) is 5.82 Å². The summed E-state index contributed by atoms with van der Waals surface area (Å²) < 4.78 is 18.2. The maximum Gasteiger partial charge on any atom is 0.248 e. The molecule has 130 valence electrons. The first-order chi connectivity index (χ1) is 12.2. The lowest BCUT2D eigenvalue weighted by Gasteiger charge is -2.24. The van der Waals surface area contributed by atoms with Crippen molar-refractivity contribution in [1.82, 2.24) is 0 Å². The third kappa shape index (κ3) is 5.43. The molecule has 0 spiro atoms. The van der Waals surface area contributed by atoms with Gasteiger partial charge in [0.05, 0.1) is 0 Å². The summed E-state index contributed by atoms with van der Waals surface area (Å²) in [7, 11) is 0. The van der Waals surface area contributed by atoms with Gasteiger partial charge in [-0.25, -0.2) is 4.39 Å². The second-order valence-electron chi connectivity index (χ2n) is 5.98. The molecule has 0 saturated carbocycles. The van der Waals surface area contributed by atoms with Crippen LogP contribution >= 0.6 is 0 Å². The number of amides is 1. The van der Waals surface area contributed by atoms with Gasteiger partial charge in [0.15, 0.2) is 0 Å². The van der Waals surface area contributed by atoms with Gasteiger partial charge in [-0.2, -0.15) is 0 Å². The number of carbonyl (C=O) groups excluding carboxylic acids is 1. The Labute approximate surface area is 146 Å². The van der Waals surface area contributed by atoms with E-state index in [9.17, 15) is 9.18 Å². The summed E-state index contributed by atoms with van der Waals surface area (Å²) in [6.07, 6.45) is 5.09. The third-order valence-electron chi connectivity index (χ3n) is 4.04. The Morgan fingerprint density at radius 1 is 1.00 bits per heavy atom. The fourth-order valence-corrected chi connectivity index (χ4v) is 2.66. The highest BCUT2D eigenvalue weighted by molar-refractivity contribution is 6.01. The number of rotatable bonds is 5. The zero-order valence-corrected chi connectivity index (χ0v) is 13.9. The molecule has 1 saturated heterocycles. The van der Waals surface area contributed by atoms with Gasteiger partial charge in [-0.3, -0.25) is 4.79 Å². The molecule has 0 bridgehead atoms. The molecule has 0 atom stereocenters. The highest BCUT2D eigenvalue weighted by atomic mass is 19.1. The lowest BCUT2D eigenvalue weighted by Crippen LogP contribution is -2.27. The van der Waals surface area contributed by atoms with Crippen LogP contribution in [0.1, 0.15) is 18.4 Å². The molecule has 1 aliphatic heterocycles. The molecule has 1 amide bonds. The zero-order chi connectivity index (χ0) is 17.5. The minimum absolute atomic E-state index is 0.227. The quantitative estimate of drug-likeness (QED) is 0.807. The summed E-state index contributed by atoms with van der Waals surface area (Å²) in [6, 6.07) is 14.0. The lowest BCUT2D eigenvalue weighted by atomic mass is 10.1. The zero-order valence-electron chi connectivity index (χ0n) is 13.9. The Hall–Kier alpha value is -2.66. The molecule has 1 heterocycles. The molecule has 0 unspecified atom stereocenters. The SMILES string of the molecule is O=C(/C=C\c1ccc(F)cc1)Nc1ccc(NC2CCOCC2)cc1. The minimum atomic E-state index is -0.295. The molecule has 0 aliphatic carbocycles. The average molecular weight is 340 g/mol. The smallest absolute Gasteiger partial charge is 0.248 e. The first kappa shape index (κ1) is 17.2. The van der Waals surface area contributed by atoms with Crippen LogP contribution in [-0.4, -0.2) is 25.2 Å². The number of ether oxygens (including phenoxy) is 1. The second kappa shape index (κ2) is 8.44. The Bertz CT molecular complexity index is 720. The summed E-state index contributed by atoms with van der Waals surface area (Å²) >= 11 is 0. The average Bonchev–Trinajstić information content (AvgIpc) is 2.64. The molecule has 5 heteroatoms. The van der Waals surface area contributed by atoms with Gasteiger partial charge in [-0.05, 0) is 60.9 Å². The van der Waals surface area contributed by atoms with E-state index in [4.69, 9.17) is 4.74 Å². The van der Waals surface area contributed by atoms with Crippen LogP contribution in [0.3, 0.4) is 0 Å². The number of halogens is 1. The van der Waals surface area contributed by atoms with Crippen molar-refractivity contribution in [2.45, 2.75) is 18.9 Å². The van der Waals surface area contributed by atoms with Crippen LogP contribution in [0.4, 0.5) is 15.8 Å². The van der Waals surface area contributed by atoms with E-state index in [0.717, 1.165) is 43.0 Å². The molecule has 1 fully saturated rings. The normalized spacial score (nSPS) is 15.2. The van der Waals surface area contributed by atoms with Crippen LogP contribution in [0.5, 0.6) is 0 Å². The Balaban J connectivity index is 1.51. The number of benzene rings is 2. The number of anilines is 2. The van der Waals surface area contributed by atoms with Crippen LogP contribution in [0.15, 0.2) is 54.6 Å². The largest absolute Gasteiger partial charge is 0.382 e. The maximum atomic E-state index is 12.8. The predicted octanol–water partition coefficient (Wildman–Crippen LogP) is 4.07. The molecule has 2 aromatic rings. The van der Waals surface area contributed by atoms with Crippen LogP contribution < -0.4 is 10.6 Å². The predicted molar refractivity (Wildman–Crippen MR) is 98.0 cm³/mol. The van der Waals surface area contributed by atoms with Crippen molar-refractivity contribution >= 4 is 23.4 Å². The molecule has 2 aromatic carbocycles. The van der Waals surface area contributed by atoms with Gasteiger partial charge < -0.3 is 15.4 Å². The van der Waals surface area contributed by atoms with Crippen LogP contribution in [0.25, 0.3) is 6.08 Å². The van der Waals surface area contributed by atoms with E-state index < -0.39 is 0 Å². The summed E-state index contributed by atoms with van der Waals surface area (Å²) in [5, 5.41) is 6.28. The van der Waals surface area contributed by atoms with Crippen molar-refractivity contribution in [3.63, 3.8) is 0 Å². The van der Waals surface area contributed by atoms with E-state index in [1.165, 1.54) is 18.2 Å². The van der Waals surface area contributed by atoms with Gasteiger partial charge in [0.2, 0.25) is 5.91 Å². The highest BCUT2D eigenvalue weighted by Gasteiger charge is 2.13. The molecular weight excluding hydrogens is 319 g/mol. The number of hydrogen-bond donors (Lipinski definition) is 2. The lowest BCUT2D eigenvalue weighted by molar-refractivity contribution is -0.111. The van der Waals surface area contributed by atoms with Crippen LogP contribution in [0.2, 0.25) is 0 Å². The Kier molecular flexibility index (Phi) is 5.80. The van der Waals surface area contributed by atoms with Crippen molar-refractivity contribution in [2.75, 3.05) is 23.8 Å². The van der Waals surface area contributed by atoms with Crippen molar-refractivity contribution in [1.29, 1.82) is 0 Å². The molecule has 0 aromatic heterocycles. The summed E-state index contributed by atoms with van der Waals surface area (Å²) in [5.74, 6) is -0.523. The Morgan fingerprint density at radius 3 is 2.32 bits per heavy atom. The van der Waals surface area contributed by atoms with Crippen LogP contribution in [-0.2, 0) is 9.53 Å². The van der Waals surface area contributed by atoms with Gasteiger partial charge in [-0.15, -0.1) is 0 Å². The van der Waals surface area contributed by atoms with E-state index in [2.05, 4.69) is 10.6 Å². The molecule has 3 rings (SSSR count). The first-order valence-corrected chi connectivity index (χ1v) is 8.38.